The summed E-state index contributed by atoms with van der Waals surface area (Å²) in [5.41, 5.74) is 7.50. The third-order valence-corrected chi connectivity index (χ3v) is 2.70. The highest BCUT2D eigenvalue weighted by atomic mass is 16.5. The van der Waals surface area contributed by atoms with E-state index >= 15 is 0 Å². The van der Waals surface area contributed by atoms with Gasteiger partial charge < -0.3 is 15.8 Å². The number of anilines is 2. The van der Waals surface area contributed by atoms with E-state index in [4.69, 9.17) is 10.5 Å². The molecule has 0 aliphatic carbocycles. The van der Waals surface area contributed by atoms with E-state index in [2.05, 4.69) is 5.32 Å². The van der Waals surface area contributed by atoms with E-state index in [-0.39, 0.29) is 12.0 Å². The summed E-state index contributed by atoms with van der Waals surface area (Å²) in [6.07, 6.45) is 0.110. The Kier molecular flexibility index (Phi) is 4.25. The standard InChI is InChI=1S/C16H18N2O2/c1-11(2)20-13-9-7-12(8-10-13)16(19)18-15-6-4-3-5-14(15)17/h3-11H,17H2,1-2H3,(H,18,19). The number of hydrogen-bond acceptors (Lipinski definition) is 3. The molecule has 0 fully saturated rings. The molecule has 0 radical (unpaired) electrons. The first kappa shape index (κ1) is 13.9. The van der Waals surface area contributed by atoms with Gasteiger partial charge in [0.05, 0.1) is 17.5 Å². The van der Waals surface area contributed by atoms with Gasteiger partial charge >= 0.3 is 0 Å². The maximum atomic E-state index is 12.1. The zero-order valence-corrected chi connectivity index (χ0v) is 11.6. The van der Waals surface area contributed by atoms with Crippen LogP contribution in [0.5, 0.6) is 5.75 Å². The van der Waals surface area contributed by atoms with Crippen molar-refractivity contribution in [3.05, 3.63) is 54.1 Å². The van der Waals surface area contributed by atoms with Crippen molar-refractivity contribution in [1.29, 1.82) is 0 Å². The van der Waals surface area contributed by atoms with E-state index < -0.39 is 0 Å². The molecular weight excluding hydrogens is 252 g/mol. The fourth-order valence-corrected chi connectivity index (χ4v) is 1.76. The molecule has 3 N–H and O–H groups in total. The summed E-state index contributed by atoms with van der Waals surface area (Å²) < 4.78 is 5.53. The zero-order chi connectivity index (χ0) is 14.5. The van der Waals surface area contributed by atoms with Gasteiger partial charge in [-0.3, -0.25) is 4.79 Å². The minimum absolute atomic E-state index is 0.110. The van der Waals surface area contributed by atoms with E-state index in [1.165, 1.54) is 0 Å². The van der Waals surface area contributed by atoms with Crippen LogP contribution in [0, 0.1) is 0 Å². The van der Waals surface area contributed by atoms with Gasteiger partial charge in [0, 0.05) is 5.56 Å². The van der Waals surface area contributed by atoms with Gasteiger partial charge in [-0.05, 0) is 50.2 Å². The van der Waals surface area contributed by atoms with Gasteiger partial charge in [-0.25, -0.2) is 0 Å². The molecule has 0 saturated heterocycles. The first-order valence-corrected chi connectivity index (χ1v) is 6.49. The number of benzene rings is 2. The molecule has 104 valence electrons. The lowest BCUT2D eigenvalue weighted by Crippen LogP contribution is -2.13. The van der Waals surface area contributed by atoms with Gasteiger partial charge in [0.1, 0.15) is 5.75 Å². The molecule has 0 spiro atoms. The molecule has 0 aliphatic rings. The Labute approximate surface area is 118 Å². The predicted octanol–water partition coefficient (Wildman–Crippen LogP) is 3.31. The van der Waals surface area contributed by atoms with Gasteiger partial charge in [0.15, 0.2) is 0 Å². The van der Waals surface area contributed by atoms with Crippen molar-refractivity contribution in [1.82, 2.24) is 0 Å². The van der Waals surface area contributed by atoms with E-state index in [9.17, 15) is 4.79 Å². The molecule has 0 bridgehead atoms. The number of carbonyl (C=O) groups excluding carboxylic acids is 1. The van der Waals surface area contributed by atoms with Crippen molar-refractivity contribution in [2.45, 2.75) is 20.0 Å². The van der Waals surface area contributed by atoms with Crippen LogP contribution in [0.1, 0.15) is 24.2 Å². The topological polar surface area (TPSA) is 64.3 Å². The quantitative estimate of drug-likeness (QED) is 0.838. The molecular formula is C16H18N2O2. The molecule has 4 nitrogen and oxygen atoms in total. The number of nitrogen functional groups attached to an aromatic ring is 1. The Morgan fingerprint density at radius 3 is 2.35 bits per heavy atom. The molecule has 0 heterocycles. The van der Waals surface area contributed by atoms with Gasteiger partial charge in [-0.2, -0.15) is 0 Å². The summed E-state index contributed by atoms with van der Waals surface area (Å²) in [6.45, 7) is 3.91. The average molecular weight is 270 g/mol. The summed E-state index contributed by atoms with van der Waals surface area (Å²) in [4.78, 5) is 12.1. The fourth-order valence-electron chi connectivity index (χ4n) is 1.76. The molecule has 0 atom stereocenters. The van der Waals surface area contributed by atoms with Crippen LogP contribution in [0.4, 0.5) is 11.4 Å². The lowest BCUT2D eigenvalue weighted by atomic mass is 10.2. The number of para-hydroxylation sites is 2. The number of carbonyl (C=O) groups is 1. The summed E-state index contributed by atoms with van der Waals surface area (Å²) in [6, 6.07) is 14.2. The molecule has 20 heavy (non-hydrogen) atoms. The van der Waals surface area contributed by atoms with Crippen LogP contribution in [-0.4, -0.2) is 12.0 Å². The second-order valence-corrected chi connectivity index (χ2v) is 4.73. The lowest BCUT2D eigenvalue weighted by Gasteiger charge is -2.11. The minimum Gasteiger partial charge on any atom is -0.491 e. The number of ether oxygens (including phenoxy) is 1. The Balaban J connectivity index is 2.08. The van der Waals surface area contributed by atoms with Crippen LogP contribution < -0.4 is 15.8 Å². The summed E-state index contributed by atoms with van der Waals surface area (Å²) in [5, 5.41) is 2.78. The van der Waals surface area contributed by atoms with Crippen molar-refractivity contribution in [3.63, 3.8) is 0 Å². The number of nitrogens with two attached hydrogens (primary N) is 1. The average Bonchev–Trinajstić information content (AvgIpc) is 2.41. The van der Waals surface area contributed by atoms with Crippen LogP contribution in [0.3, 0.4) is 0 Å². The Hall–Kier alpha value is -2.49. The highest BCUT2D eigenvalue weighted by Gasteiger charge is 2.08. The number of hydrogen-bond donors (Lipinski definition) is 2. The van der Waals surface area contributed by atoms with Gasteiger partial charge in [-0.1, -0.05) is 12.1 Å². The van der Waals surface area contributed by atoms with Gasteiger partial charge in [0.2, 0.25) is 0 Å². The molecule has 2 aromatic rings. The van der Waals surface area contributed by atoms with Crippen LogP contribution in [0.2, 0.25) is 0 Å². The normalized spacial score (nSPS) is 10.3. The third-order valence-electron chi connectivity index (χ3n) is 2.70. The minimum atomic E-state index is -0.195. The maximum absolute atomic E-state index is 12.1. The van der Waals surface area contributed by atoms with Crippen molar-refractivity contribution < 1.29 is 9.53 Å². The molecule has 0 aromatic heterocycles. The van der Waals surface area contributed by atoms with Crippen molar-refractivity contribution in [2.75, 3.05) is 11.1 Å². The summed E-state index contributed by atoms with van der Waals surface area (Å²) >= 11 is 0. The molecule has 0 aliphatic heterocycles. The number of amides is 1. The smallest absolute Gasteiger partial charge is 0.255 e. The Bertz CT molecular complexity index is 592. The Morgan fingerprint density at radius 1 is 1.10 bits per heavy atom. The first-order chi connectivity index (χ1) is 9.56. The van der Waals surface area contributed by atoms with Crippen molar-refractivity contribution in [3.8, 4) is 5.75 Å². The molecule has 0 saturated carbocycles. The van der Waals surface area contributed by atoms with Crippen molar-refractivity contribution in [2.24, 2.45) is 0 Å². The van der Waals surface area contributed by atoms with Crippen LogP contribution in [0.15, 0.2) is 48.5 Å². The number of nitrogens with one attached hydrogen (secondary N) is 1. The zero-order valence-electron chi connectivity index (χ0n) is 11.6. The molecule has 4 heteroatoms. The molecule has 0 unspecified atom stereocenters. The molecule has 1 amide bonds. The highest BCUT2D eigenvalue weighted by molar-refractivity contribution is 6.05. The Morgan fingerprint density at radius 2 is 1.75 bits per heavy atom. The number of rotatable bonds is 4. The van der Waals surface area contributed by atoms with Crippen LogP contribution in [0.25, 0.3) is 0 Å². The van der Waals surface area contributed by atoms with E-state index in [0.29, 0.717) is 16.9 Å². The maximum Gasteiger partial charge on any atom is 0.255 e. The summed E-state index contributed by atoms with van der Waals surface area (Å²) in [5.74, 6) is 0.551. The predicted molar refractivity (Wildman–Crippen MR) is 81.0 cm³/mol. The molecule has 2 rings (SSSR count). The third kappa shape index (κ3) is 3.51. The highest BCUT2D eigenvalue weighted by Crippen LogP contribution is 2.19. The largest absolute Gasteiger partial charge is 0.491 e. The fraction of sp³-hybridized carbons (Fsp3) is 0.188. The molecule has 2 aromatic carbocycles. The van der Waals surface area contributed by atoms with Gasteiger partial charge in [-0.15, -0.1) is 0 Å². The second-order valence-electron chi connectivity index (χ2n) is 4.73. The SMILES string of the molecule is CC(C)Oc1ccc(C(=O)Nc2ccccc2N)cc1. The summed E-state index contributed by atoms with van der Waals surface area (Å²) in [7, 11) is 0. The van der Waals surface area contributed by atoms with Crippen LogP contribution >= 0.6 is 0 Å². The van der Waals surface area contributed by atoms with E-state index in [0.717, 1.165) is 5.75 Å². The van der Waals surface area contributed by atoms with Gasteiger partial charge in [0.25, 0.3) is 5.91 Å². The monoisotopic (exact) mass is 270 g/mol. The van der Waals surface area contributed by atoms with Crippen LogP contribution in [-0.2, 0) is 0 Å². The lowest BCUT2D eigenvalue weighted by molar-refractivity contribution is 0.102. The first-order valence-electron chi connectivity index (χ1n) is 6.49. The van der Waals surface area contributed by atoms with Crippen molar-refractivity contribution >= 4 is 17.3 Å². The van der Waals surface area contributed by atoms with E-state index in [1.54, 1.807) is 36.4 Å². The van der Waals surface area contributed by atoms with E-state index in [1.807, 2.05) is 26.0 Å². The second kappa shape index (κ2) is 6.10.